The minimum absolute atomic E-state index is 0.0981. The smallest absolute Gasteiger partial charge is 0.137 e. The third-order valence-electron chi connectivity index (χ3n) is 3.87. The first-order valence-corrected chi connectivity index (χ1v) is 7.89. The fourth-order valence-electron chi connectivity index (χ4n) is 2.57. The molecule has 0 fully saturated rings. The van der Waals surface area contributed by atoms with E-state index in [2.05, 4.69) is 37.4 Å². The van der Waals surface area contributed by atoms with E-state index in [0.29, 0.717) is 0 Å². The number of rotatable bonds is 2. The van der Waals surface area contributed by atoms with Crippen molar-refractivity contribution in [3.8, 4) is 0 Å². The standard InChI is InChI=1S/C17H18FNS/c1-11-6-7-13(10-12(11)2)19-16-8-9-20-17-14(16)4-3-5-15(17)18/h3-7,10,16,19H,8-9H2,1-2H3. The third-order valence-corrected chi connectivity index (χ3v) is 5.03. The molecule has 0 radical (unpaired) electrons. The first-order chi connectivity index (χ1) is 9.65. The Bertz CT molecular complexity index is 639. The largest absolute Gasteiger partial charge is 0.378 e. The third kappa shape index (κ3) is 2.55. The van der Waals surface area contributed by atoms with Crippen molar-refractivity contribution in [1.82, 2.24) is 0 Å². The highest BCUT2D eigenvalue weighted by Crippen LogP contribution is 2.39. The molecule has 2 aromatic carbocycles. The maximum absolute atomic E-state index is 13.9. The zero-order chi connectivity index (χ0) is 14.1. The van der Waals surface area contributed by atoms with Crippen LogP contribution < -0.4 is 5.32 Å². The van der Waals surface area contributed by atoms with Crippen LogP contribution in [0.2, 0.25) is 0 Å². The van der Waals surface area contributed by atoms with Crippen LogP contribution >= 0.6 is 11.8 Å². The van der Waals surface area contributed by atoms with Crippen molar-refractivity contribution in [2.24, 2.45) is 0 Å². The van der Waals surface area contributed by atoms with Gasteiger partial charge in [-0.1, -0.05) is 18.2 Å². The molecule has 0 bridgehead atoms. The first-order valence-electron chi connectivity index (χ1n) is 6.90. The van der Waals surface area contributed by atoms with Crippen molar-refractivity contribution >= 4 is 17.4 Å². The summed E-state index contributed by atoms with van der Waals surface area (Å²) in [5.74, 6) is 0.857. The van der Waals surface area contributed by atoms with Gasteiger partial charge in [0.05, 0.1) is 6.04 Å². The Hall–Kier alpha value is -1.48. The van der Waals surface area contributed by atoms with Crippen molar-refractivity contribution in [2.45, 2.75) is 31.2 Å². The molecule has 3 rings (SSSR count). The predicted molar refractivity (Wildman–Crippen MR) is 84.0 cm³/mol. The Morgan fingerprint density at radius 1 is 1.15 bits per heavy atom. The topological polar surface area (TPSA) is 12.0 Å². The lowest BCUT2D eigenvalue weighted by Crippen LogP contribution is -2.16. The number of hydrogen-bond donors (Lipinski definition) is 1. The van der Waals surface area contributed by atoms with Crippen LogP contribution in [0.1, 0.15) is 29.2 Å². The summed E-state index contributed by atoms with van der Waals surface area (Å²) in [5, 5.41) is 3.55. The molecule has 0 saturated heterocycles. The summed E-state index contributed by atoms with van der Waals surface area (Å²) < 4.78 is 13.9. The van der Waals surface area contributed by atoms with Gasteiger partial charge in [-0.3, -0.25) is 0 Å². The van der Waals surface area contributed by atoms with Crippen LogP contribution in [0, 0.1) is 19.7 Å². The van der Waals surface area contributed by atoms with E-state index in [-0.39, 0.29) is 11.9 Å². The summed E-state index contributed by atoms with van der Waals surface area (Å²) in [4.78, 5) is 0.806. The van der Waals surface area contributed by atoms with E-state index in [1.807, 2.05) is 6.07 Å². The summed E-state index contributed by atoms with van der Waals surface area (Å²) in [6.07, 6.45) is 1.02. The predicted octanol–water partition coefficient (Wildman–Crippen LogP) is 5.09. The molecule has 0 aliphatic carbocycles. The molecule has 0 aromatic heterocycles. The van der Waals surface area contributed by atoms with Crippen molar-refractivity contribution in [3.63, 3.8) is 0 Å². The van der Waals surface area contributed by atoms with Crippen molar-refractivity contribution in [1.29, 1.82) is 0 Å². The first kappa shape index (κ1) is 13.5. The number of hydrogen-bond acceptors (Lipinski definition) is 2. The fraction of sp³-hybridized carbons (Fsp3) is 0.294. The molecule has 2 aromatic rings. The van der Waals surface area contributed by atoms with Gasteiger partial charge in [-0.05, 0) is 55.2 Å². The monoisotopic (exact) mass is 287 g/mol. The van der Waals surface area contributed by atoms with Crippen LogP contribution in [0.5, 0.6) is 0 Å². The van der Waals surface area contributed by atoms with Gasteiger partial charge in [-0.25, -0.2) is 4.39 Å². The van der Waals surface area contributed by atoms with Gasteiger partial charge in [0.25, 0.3) is 0 Å². The SMILES string of the molecule is Cc1ccc(NC2CCSc3c(F)cccc32)cc1C. The number of thioether (sulfide) groups is 1. The second-order valence-corrected chi connectivity index (χ2v) is 6.40. The second-order valence-electron chi connectivity index (χ2n) is 5.29. The highest BCUT2D eigenvalue weighted by molar-refractivity contribution is 7.99. The van der Waals surface area contributed by atoms with Crippen molar-refractivity contribution in [2.75, 3.05) is 11.1 Å². The normalized spacial score (nSPS) is 17.6. The van der Waals surface area contributed by atoms with Crippen molar-refractivity contribution in [3.05, 3.63) is 58.9 Å². The van der Waals surface area contributed by atoms with E-state index in [4.69, 9.17) is 0 Å². The minimum Gasteiger partial charge on any atom is -0.378 e. The molecule has 1 unspecified atom stereocenters. The molecule has 1 aliphatic heterocycles. The van der Waals surface area contributed by atoms with Crippen molar-refractivity contribution < 1.29 is 4.39 Å². The number of benzene rings is 2. The molecule has 1 nitrogen and oxygen atoms in total. The van der Waals surface area contributed by atoms with Gasteiger partial charge in [0.1, 0.15) is 5.82 Å². The quantitative estimate of drug-likeness (QED) is 0.825. The minimum atomic E-state index is -0.0981. The average Bonchev–Trinajstić information content (AvgIpc) is 2.44. The Morgan fingerprint density at radius 3 is 2.80 bits per heavy atom. The van der Waals surface area contributed by atoms with Crippen LogP contribution in [-0.2, 0) is 0 Å². The Labute approximate surface area is 123 Å². The van der Waals surface area contributed by atoms with Gasteiger partial charge in [0.15, 0.2) is 0 Å². The summed E-state index contributed by atoms with van der Waals surface area (Å²) in [6, 6.07) is 12.0. The van der Waals surface area contributed by atoms with Crippen LogP contribution in [0.3, 0.4) is 0 Å². The zero-order valence-electron chi connectivity index (χ0n) is 11.7. The van der Waals surface area contributed by atoms with E-state index in [0.717, 1.165) is 28.3 Å². The van der Waals surface area contributed by atoms with E-state index in [9.17, 15) is 4.39 Å². The highest BCUT2D eigenvalue weighted by Gasteiger charge is 2.22. The number of halogens is 1. The molecular formula is C17H18FNS. The highest BCUT2D eigenvalue weighted by atomic mass is 32.2. The lowest BCUT2D eigenvalue weighted by atomic mass is 10.0. The number of aryl methyl sites for hydroxylation is 2. The van der Waals surface area contributed by atoms with Gasteiger partial charge < -0.3 is 5.32 Å². The maximum Gasteiger partial charge on any atom is 0.137 e. The molecule has 0 saturated carbocycles. The molecule has 1 aliphatic rings. The fourth-order valence-corrected chi connectivity index (χ4v) is 3.71. The Balaban J connectivity index is 1.89. The molecular weight excluding hydrogens is 269 g/mol. The van der Waals surface area contributed by atoms with Crippen LogP contribution in [-0.4, -0.2) is 5.75 Å². The molecule has 104 valence electrons. The number of anilines is 1. The molecule has 0 spiro atoms. The Morgan fingerprint density at radius 2 is 2.00 bits per heavy atom. The Kier molecular flexibility index (Phi) is 3.70. The molecule has 3 heteroatoms. The van der Waals surface area contributed by atoms with Gasteiger partial charge in [-0.15, -0.1) is 11.8 Å². The van der Waals surface area contributed by atoms with Crippen LogP contribution in [0.4, 0.5) is 10.1 Å². The maximum atomic E-state index is 13.9. The molecule has 1 N–H and O–H groups in total. The summed E-state index contributed by atoms with van der Waals surface area (Å²) in [5.41, 5.74) is 4.76. The molecule has 1 heterocycles. The molecule has 0 amide bonds. The van der Waals surface area contributed by atoms with Crippen LogP contribution in [0.15, 0.2) is 41.3 Å². The van der Waals surface area contributed by atoms with Gasteiger partial charge in [0, 0.05) is 16.3 Å². The van der Waals surface area contributed by atoms with E-state index in [1.165, 1.54) is 11.1 Å². The summed E-state index contributed by atoms with van der Waals surface area (Å²) >= 11 is 1.62. The number of fused-ring (bicyclic) bond motifs is 1. The summed E-state index contributed by atoms with van der Waals surface area (Å²) in [6.45, 7) is 4.23. The van der Waals surface area contributed by atoms with E-state index in [1.54, 1.807) is 23.9 Å². The van der Waals surface area contributed by atoms with Gasteiger partial charge >= 0.3 is 0 Å². The zero-order valence-corrected chi connectivity index (χ0v) is 12.6. The van der Waals surface area contributed by atoms with E-state index < -0.39 is 0 Å². The van der Waals surface area contributed by atoms with Gasteiger partial charge in [0.2, 0.25) is 0 Å². The lowest BCUT2D eigenvalue weighted by Gasteiger charge is -2.27. The number of nitrogens with one attached hydrogen (secondary N) is 1. The molecule has 20 heavy (non-hydrogen) atoms. The lowest BCUT2D eigenvalue weighted by molar-refractivity contribution is 0.585. The molecule has 1 atom stereocenters. The van der Waals surface area contributed by atoms with Crippen LogP contribution in [0.25, 0.3) is 0 Å². The summed E-state index contributed by atoms with van der Waals surface area (Å²) in [7, 11) is 0. The van der Waals surface area contributed by atoms with Gasteiger partial charge in [-0.2, -0.15) is 0 Å². The second kappa shape index (κ2) is 5.49. The average molecular weight is 287 g/mol. The van der Waals surface area contributed by atoms with E-state index >= 15 is 0 Å².